The molecule has 10 nitrogen and oxygen atoms in total. The Morgan fingerprint density at radius 1 is 1.28 bits per heavy atom. The third kappa shape index (κ3) is 5.18. The van der Waals surface area contributed by atoms with E-state index in [0.717, 1.165) is 6.42 Å². The van der Waals surface area contributed by atoms with Crippen molar-refractivity contribution in [2.45, 2.75) is 50.6 Å². The van der Waals surface area contributed by atoms with Crippen molar-refractivity contribution in [3.05, 3.63) is 29.6 Å². The topological polar surface area (TPSA) is 189 Å². The molecule has 11 heteroatoms. The number of pyridine rings is 1. The van der Waals surface area contributed by atoms with Gasteiger partial charge in [0.05, 0.1) is 19.7 Å². The molecule has 1 saturated heterocycles. The maximum Gasteiger partial charge on any atom is 0.326 e. The average molecular weight is 423 g/mol. The first-order chi connectivity index (χ1) is 13.3. The molecule has 0 spiro atoms. The van der Waals surface area contributed by atoms with E-state index in [1.54, 1.807) is 6.92 Å². The molecule has 2 heterocycles. The summed E-state index contributed by atoms with van der Waals surface area (Å²) in [4.78, 5) is 39.6. The van der Waals surface area contributed by atoms with E-state index >= 15 is 0 Å². The van der Waals surface area contributed by atoms with Crippen molar-refractivity contribution >= 4 is 31.7 Å². The van der Waals surface area contributed by atoms with Gasteiger partial charge in [-0.3, -0.25) is 24.8 Å². The lowest BCUT2D eigenvalue weighted by atomic mass is 10.2. The lowest BCUT2D eigenvalue weighted by Gasteiger charge is -2.44. The number of aliphatic carboxylic acids is 1. The molecule has 1 fully saturated rings. The normalized spacial score (nSPS) is 19.7. The average Bonchev–Trinajstić information content (AvgIpc) is 3.07. The van der Waals surface area contributed by atoms with E-state index in [9.17, 15) is 19.5 Å². The van der Waals surface area contributed by atoms with Crippen LogP contribution in [0.3, 0.4) is 0 Å². The van der Waals surface area contributed by atoms with Crippen LogP contribution in [0.25, 0.3) is 0 Å². The Labute approximate surface area is 171 Å². The number of carboxylic acids is 1. The van der Waals surface area contributed by atoms with Gasteiger partial charge in [-0.05, 0) is 31.9 Å². The first kappa shape index (κ1) is 24.2. The number of carbonyl (C=O) groups is 3. The number of amides is 2. The minimum atomic E-state index is -2.06. The van der Waals surface area contributed by atoms with Crippen molar-refractivity contribution in [3.8, 4) is 0 Å². The summed E-state index contributed by atoms with van der Waals surface area (Å²) in [6.07, 6.45) is 2.59. The monoisotopic (exact) mass is 422 g/mol. The van der Waals surface area contributed by atoms with Gasteiger partial charge in [0.15, 0.2) is 0 Å². The molecule has 0 aromatic carbocycles. The highest BCUT2D eigenvalue weighted by Crippen LogP contribution is 2.38. The quantitative estimate of drug-likeness (QED) is 0.253. The van der Waals surface area contributed by atoms with E-state index < -0.39 is 31.2 Å². The van der Waals surface area contributed by atoms with Crippen molar-refractivity contribution in [3.63, 3.8) is 0 Å². The fourth-order valence-electron chi connectivity index (χ4n) is 3.38. The molecule has 0 radical (unpaired) electrons. The van der Waals surface area contributed by atoms with Gasteiger partial charge in [-0.2, -0.15) is 0 Å². The number of carbonyl (C=O) groups excluding carboxylic acids is 2. The molecule has 8 N–H and O–H groups in total. The molecule has 2 rings (SSSR count). The maximum absolute atomic E-state index is 12.1. The number of rotatable bonds is 5. The second-order valence-corrected chi connectivity index (χ2v) is 13.3. The number of carboxylic acid groups (broad SMARTS) is 1. The highest BCUT2D eigenvalue weighted by Gasteiger charge is 2.58. The van der Waals surface area contributed by atoms with Gasteiger partial charge in [0.2, 0.25) is 11.8 Å². The Morgan fingerprint density at radius 2 is 1.86 bits per heavy atom. The Balaban J connectivity index is 0.000000308. The number of nitrogen functional groups attached to an aromatic ring is 1. The van der Waals surface area contributed by atoms with Crippen molar-refractivity contribution in [1.82, 2.24) is 9.88 Å². The van der Waals surface area contributed by atoms with Crippen molar-refractivity contribution in [2.24, 2.45) is 17.2 Å². The zero-order chi connectivity index (χ0) is 22.6. The van der Waals surface area contributed by atoms with Gasteiger partial charge in [-0.15, -0.1) is 0 Å². The number of primary amides is 1. The molecule has 0 unspecified atom stereocenters. The summed E-state index contributed by atoms with van der Waals surface area (Å²) in [6, 6.07) is 2.32. The summed E-state index contributed by atoms with van der Waals surface area (Å²) in [5.41, 5.74) is 16.4. The Kier molecular flexibility index (Phi) is 7.64. The second-order valence-electron chi connectivity index (χ2n) is 8.01. The molecule has 1 aromatic heterocycles. The minimum absolute atomic E-state index is 0.133. The van der Waals surface area contributed by atoms with Gasteiger partial charge >= 0.3 is 5.97 Å². The van der Waals surface area contributed by atoms with E-state index in [1.165, 1.54) is 23.2 Å². The summed E-state index contributed by atoms with van der Waals surface area (Å²) in [5, 5.41) is 15.6. The molecule has 2 amide bonds. The van der Waals surface area contributed by atoms with Gasteiger partial charge < -0.3 is 27.2 Å². The zero-order valence-electron chi connectivity index (χ0n) is 17.2. The van der Waals surface area contributed by atoms with Crippen molar-refractivity contribution in [1.29, 1.82) is 5.41 Å². The van der Waals surface area contributed by atoms with Gasteiger partial charge in [-0.25, -0.2) is 0 Å². The van der Waals surface area contributed by atoms with Crippen LogP contribution in [0, 0.1) is 5.41 Å². The van der Waals surface area contributed by atoms with Crippen LogP contribution >= 0.6 is 0 Å². The summed E-state index contributed by atoms with van der Waals surface area (Å²) >= 11 is 0. The first-order valence-corrected chi connectivity index (χ1v) is 12.7. The molecule has 1 aromatic rings. The summed E-state index contributed by atoms with van der Waals surface area (Å²) in [6.45, 7) is 8.10. The van der Waals surface area contributed by atoms with Crippen molar-refractivity contribution in [2.75, 3.05) is 6.54 Å². The zero-order valence-corrected chi connectivity index (χ0v) is 18.2. The van der Waals surface area contributed by atoms with Crippen LogP contribution in [0.2, 0.25) is 19.6 Å². The van der Waals surface area contributed by atoms with E-state index in [4.69, 9.17) is 22.6 Å². The second kappa shape index (κ2) is 9.14. The number of nitrogens with two attached hydrogens (primary N) is 3. The third-order valence-electron chi connectivity index (χ3n) is 4.96. The molecule has 2 atom stereocenters. The smallest absolute Gasteiger partial charge is 0.326 e. The molecular formula is C18H30N6O4Si. The van der Waals surface area contributed by atoms with Crippen LogP contribution < -0.4 is 17.2 Å². The molecule has 1 aliphatic heterocycles. The van der Waals surface area contributed by atoms with Crippen LogP contribution in [0.4, 0.5) is 0 Å². The van der Waals surface area contributed by atoms with E-state index in [1.807, 2.05) is 19.6 Å². The lowest BCUT2D eigenvalue weighted by Crippen LogP contribution is -2.68. The summed E-state index contributed by atoms with van der Waals surface area (Å²) < 4.78 is 0. The molecular weight excluding hydrogens is 392 g/mol. The Morgan fingerprint density at radius 3 is 2.21 bits per heavy atom. The minimum Gasteiger partial charge on any atom is -0.480 e. The van der Waals surface area contributed by atoms with Crippen LogP contribution in [0.1, 0.15) is 35.8 Å². The Hall–Kier alpha value is -2.79. The van der Waals surface area contributed by atoms with Gasteiger partial charge in [0.1, 0.15) is 16.7 Å². The van der Waals surface area contributed by atoms with Crippen LogP contribution in [0.15, 0.2) is 18.3 Å². The van der Waals surface area contributed by atoms with Gasteiger partial charge in [0, 0.05) is 12.7 Å². The number of nitrogens with one attached hydrogen (secondary N) is 1. The molecule has 160 valence electrons. The highest BCUT2D eigenvalue weighted by molar-refractivity contribution is 6.82. The fourth-order valence-corrected chi connectivity index (χ4v) is 5.99. The predicted molar refractivity (Wildman–Crippen MR) is 112 cm³/mol. The summed E-state index contributed by atoms with van der Waals surface area (Å²) in [5.74, 6) is -1.79. The maximum atomic E-state index is 12.1. The number of aromatic nitrogens is 1. The third-order valence-corrected chi connectivity index (χ3v) is 8.17. The molecule has 0 aliphatic carbocycles. The van der Waals surface area contributed by atoms with E-state index in [2.05, 4.69) is 4.98 Å². The SMILES string of the molecule is C[C@H](N)C(=O)N1CCC[C@]1(C(=O)O)[Si](C)(C)C.N=C(N)c1ccc(C(N)=O)cn1. The number of amidine groups is 1. The van der Waals surface area contributed by atoms with Crippen molar-refractivity contribution < 1.29 is 19.5 Å². The van der Waals surface area contributed by atoms with Crippen LogP contribution in [-0.4, -0.2) is 64.4 Å². The number of nitrogens with zero attached hydrogens (tertiary/aromatic N) is 2. The lowest BCUT2D eigenvalue weighted by molar-refractivity contribution is -0.151. The van der Waals surface area contributed by atoms with E-state index in [0.29, 0.717) is 24.2 Å². The number of hydrogen-bond acceptors (Lipinski definition) is 6. The van der Waals surface area contributed by atoms with Crippen LogP contribution in [0.5, 0.6) is 0 Å². The molecule has 0 saturated carbocycles. The number of likely N-dealkylation sites (tertiary alicyclic amines) is 1. The van der Waals surface area contributed by atoms with Crippen LogP contribution in [-0.2, 0) is 9.59 Å². The molecule has 0 bridgehead atoms. The van der Waals surface area contributed by atoms with E-state index in [-0.39, 0.29) is 11.7 Å². The Bertz CT molecular complexity index is 758. The van der Waals surface area contributed by atoms with Gasteiger partial charge in [0.25, 0.3) is 0 Å². The van der Waals surface area contributed by atoms with Gasteiger partial charge in [-0.1, -0.05) is 19.6 Å². The standard InChI is InChI=1S/C11H22N2O3Si.C7H8N4O/c1-8(12)9(14)13-7-5-6-11(13,10(15)16)17(2,3)4;8-6(9)5-2-1-4(3-11-5)7(10)12/h8H,5-7,12H2,1-4H3,(H,15,16);1-3H,(H3,8,9)(H2,10,12)/t8-,11+;/m0./s1. The molecule has 1 aliphatic rings. The highest BCUT2D eigenvalue weighted by atomic mass is 28.3. The predicted octanol–water partition coefficient (Wildman–Crippen LogP) is 0.121. The largest absolute Gasteiger partial charge is 0.480 e. The first-order valence-electron chi connectivity index (χ1n) is 9.16. The molecule has 29 heavy (non-hydrogen) atoms. The fraction of sp³-hybridized carbons (Fsp3) is 0.500. The number of hydrogen-bond donors (Lipinski definition) is 5. The summed E-state index contributed by atoms with van der Waals surface area (Å²) in [7, 11) is -2.06.